The van der Waals surface area contributed by atoms with Crippen molar-refractivity contribution in [2.45, 2.75) is 12.2 Å². The summed E-state index contributed by atoms with van der Waals surface area (Å²) in [7, 11) is 0. The van der Waals surface area contributed by atoms with Crippen LogP contribution in [0.1, 0.15) is 0 Å². The van der Waals surface area contributed by atoms with Gasteiger partial charge in [-0.05, 0) is 0 Å². The highest BCUT2D eigenvalue weighted by atomic mass is 32.2. The molecule has 0 aromatic carbocycles. The Labute approximate surface area is 71.6 Å². The van der Waals surface area contributed by atoms with E-state index in [0.717, 1.165) is 0 Å². The van der Waals surface area contributed by atoms with Gasteiger partial charge in [-0.1, -0.05) is 12.2 Å². The lowest BCUT2D eigenvalue weighted by Gasteiger charge is -2.06. The van der Waals surface area contributed by atoms with Crippen LogP contribution in [-0.4, -0.2) is 33.9 Å². The molecule has 2 unspecified atom stereocenters. The minimum atomic E-state index is -0.475. The zero-order valence-electron chi connectivity index (χ0n) is 6.44. The molecule has 0 spiro atoms. The maximum Gasteiger partial charge on any atom is 0.0808 e. The van der Waals surface area contributed by atoms with Crippen molar-refractivity contribution in [2.75, 3.05) is 11.5 Å². The molecule has 0 bridgehead atoms. The molecule has 0 rings (SSSR count). The summed E-state index contributed by atoms with van der Waals surface area (Å²) in [6.07, 6.45) is 2.01. The number of hydrogen-bond donors (Lipinski definition) is 2. The molecule has 0 amide bonds. The van der Waals surface area contributed by atoms with Gasteiger partial charge in [0.05, 0.1) is 12.2 Å². The third-order valence-electron chi connectivity index (χ3n) is 1.12. The second-order valence-corrected chi connectivity index (χ2v) is 3.22. The molecule has 0 radical (unpaired) electrons. The SMILES string of the molecule is C=CC(O)CSCC(O)C=C. The van der Waals surface area contributed by atoms with Crippen molar-refractivity contribution in [3.63, 3.8) is 0 Å². The van der Waals surface area contributed by atoms with Crippen molar-refractivity contribution >= 4 is 11.8 Å². The smallest absolute Gasteiger partial charge is 0.0808 e. The van der Waals surface area contributed by atoms with Crippen LogP contribution < -0.4 is 0 Å². The second-order valence-electron chi connectivity index (χ2n) is 2.14. The Balaban J connectivity index is 3.26. The zero-order chi connectivity index (χ0) is 8.69. The van der Waals surface area contributed by atoms with Crippen LogP contribution in [-0.2, 0) is 0 Å². The third-order valence-corrected chi connectivity index (χ3v) is 2.28. The van der Waals surface area contributed by atoms with E-state index in [0.29, 0.717) is 11.5 Å². The summed E-state index contributed by atoms with van der Waals surface area (Å²) in [4.78, 5) is 0. The molecule has 0 fully saturated rings. The molecule has 0 aliphatic rings. The highest BCUT2D eigenvalue weighted by molar-refractivity contribution is 7.99. The normalized spacial score (nSPS) is 15.5. The maximum atomic E-state index is 9.00. The Hall–Kier alpha value is -0.250. The molecule has 0 aromatic rings. The molecular weight excluding hydrogens is 160 g/mol. The van der Waals surface area contributed by atoms with Crippen molar-refractivity contribution in [3.8, 4) is 0 Å². The van der Waals surface area contributed by atoms with Crippen LogP contribution in [0.15, 0.2) is 25.3 Å². The minimum absolute atomic E-state index is 0.475. The molecule has 0 aliphatic carbocycles. The lowest BCUT2D eigenvalue weighted by Crippen LogP contribution is -2.10. The number of aliphatic hydroxyl groups is 2. The largest absolute Gasteiger partial charge is 0.388 e. The fourth-order valence-electron chi connectivity index (χ4n) is 0.446. The van der Waals surface area contributed by atoms with Gasteiger partial charge >= 0.3 is 0 Å². The number of thioether (sulfide) groups is 1. The van der Waals surface area contributed by atoms with Gasteiger partial charge in [0.15, 0.2) is 0 Å². The average molecular weight is 174 g/mol. The summed E-state index contributed by atoms with van der Waals surface area (Å²) < 4.78 is 0. The summed E-state index contributed by atoms with van der Waals surface area (Å²) in [5, 5.41) is 18.0. The highest BCUT2D eigenvalue weighted by Gasteiger charge is 2.01. The average Bonchev–Trinajstić information content (AvgIpc) is 2.04. The van der Waals surface area contributed by atoms with Crippen LogP contribution in [0, 0.1) is 0 Å². The van der Waals surface area contributed by atoms with Crippen molar-refractivity contribution in [1.82, 2.24) is 0 Å². The Morgan fingerprint density at radius 1 is 1.09 bits per heavy atom. The van der Waals surface area contributed by atoms with Gasteiger partial charge < -0.3 is 10.2 Å². The second kappa shape index (κ2) is 6.46. The van der Waals surface area contributed by atoms with Crippen LogP contribution in [0.25, 0.3) is 0 Å². The van der Waals surface area contributed by atoms with Crippen LogP contribution in [0.4, 0.5) is 0 Å². The Morgan fingerprint density at radius 3 is 1.73 bits per heavy atom. The van der Waals surface area contributed by atoms with Gasteiger partial charge in [0, 0.05) is 11.5 Å². The fraction of sp³-hybridized carbons (Fsp3) is 0.500. The molecule has 2 atom stereocenters. The minimum Gasteiger partial charge on any atom is -0.388 e. The van der Waals surface area contributed by atoms with Crippen molar-refractivity contribution in [3.05, 3.63) is 25.3 Å². The van der Waals surface area contributed by atoms with Crippen LogP contribution in [0.5, 0.6) is 0 Å². The molecule has 0 saturated carbocycles. The number of hydrogen-bond acceptors (Lipinski definition) is 3. The molecule has 0 aliphatic heterocycles. The first-order chi connectivity index (χ1) is 5.20. The van der Waals surface area contributed by atoms with Gasteiger partial charge in [-0.2, -0.15) is 11.8 Å². The van der Waals surface area contributed by atoms with E-state index < -0.39 is 12.2 Å². The predicted octanol–water partition coefficient (Wildman–Crippen LogP) is 0.813. The van der Waals surface area contributed by atoms with Crippen molar-refractivity contribution in [2.24, 2.45) is 0 Å². The molecular formula is C8H14O2S. The van der Waals surface area contributed by atoms with E-state index in [1.54, 1.807) is 0 Å². The standard InChI is InChI=1S/C8H14O2S/c1-3-7(9)5-11-6-8(10)4-2/h3-4,7-10H,1-2,5-6H2. The van der Waals surface area contributed by atoms with Gasteiger partial charge in [0.2, 0.25) is 0 Å². The molecule has 0 aromatic heterocycles. The van der Waals surface area contributed by atoms with E-state index in [1.807, 2.05) is 0 Å². The quantitative estimate of drug-likeness (QED) is 0.585. The first-order valence-corrected chi connectivity index (χ1v) is 4.55. The zero-order valence-corrected chi connectivity index (χ0v) is 7.26. The van der Waals surface area contributed by atoms with E-state index in [4.69, 9.17) is 10.2 Å². The summed E-state index contributed by atoms with van der Waals surface area (Å²) in [6.45, 7) is 6.87. The van der Waals surface area contributed by atoms with Crippen molar-refractivity contribution in [1.29, 1.82) is 0 Å². The highest BCUT2D eigenvalue weighted by Crippen LogP contribution is 2.05. The molecule has 3 heteroatoms. The summed E-state index contributed by atoms with van der Waals surface area (Å²) in [5.74, 6) is 1.16. The van der Waals surface area contributed by atoms with Gasteiger partial charge in [0.1, 0.15) is 0 Å². The topological polar surface area (TPSA) is 40.5 Å². The first kappa shape index (κ1) is 10.8. The maximum absolute atomic E-state index is 9.00. The molecule has 2 N–H and O–H groups in total. The first-order valence-electron chi connectivity index (χ1n) is 3.39. The molecule has 0 heterocycles. The van der Waals surface area contributed by atoms with Gasteiger partial charge in [0.25, 0.3) is 0 Å². The van der Waals surface area contributed by atoms with Crippen LogP contribution in [0.2, 0.25) is 0 Å². The van der Waals surface area contributed by atoms with E-state index >= 15 is 0 Å². The summed E-state index contributed by atoms with van der Waals surface area (Å²) >= 11 is 1.48. The molecule has 2 nitrogen and oxygen atoms in total. The monoisotopic (exact) mass is 174 g/mol. The lowest BCUT2D eigenvalue weighted by molar-refractivity contribution is 0.244. The van der Waals surface area contributed by atoms with Gasteiger partial charge in [-0.25, -0.2) is 0 Å². The van der Waals surface area contributed by atoms with Gasteiger partial charge in [-0.15, -0.1) is 13.2 Å². The number of rotatable bonds is 6. The predicted molar refractivity (Wildman–Crippen MR) is 49.7 cm³/mol. The third kappa shape index (κ3) is 6.16. The number of aliphatic hydroxyl groups excluding tert-OH is 2. The van der Waals surface area contributed by atoms with Gasteiger partial charge in [-0.3, -0.25) is 0 Å². The molecule has 64 valence electrons. The fourth-order valence-corrected chi connectivity index (χ4v) is 1.34. The van der Waals surface area contributed by atoms with Crippen LogP contribution in [0.3, 0.4) is 0 Å². The van der Waals surface area contributed by atoms with E-state index in [9.17, 15) is 0 Å². The Kier molecular flexibility index (Phi) is 6.31. The van der Waals surface area contributed by atoms with E-state index in [1.165, 1.54) is 23.9 Å². The summed E-state index contributed by atoms with van der Waals surface area (Å²) in [6, 6.07) is 0. The Bertz CT molecular complexity index is 111. The van der Waals surface area contributed by atoms with E-state index in [-0.39, 0.29) is 0 Å². The lowest BCUT2D eigenvalue weighted by atomic mass is 10.4. The summed E-state index contributed by atoms with van der Waals surface area (Å²) in [5.41, 5.74) is 0. The molecule has 11 heavy (non-hydrogen) atoms. The van der Waals surface area contributed by atoms with Crippen molar-refractivity contribution < 1.29 is 10.2 Å². The van der Waals surface area contributed by atoms with E-state index in [2.05, 4.69) is 13.2 Å². The van der Waals surface area contributed by atoms with Crippen LogP contribution >= 0.6 is 11.8 Å². The Morgan fingerprint density at radius 2 is 1.45 bits per heavy atom. The molecule has 0 saturated heterocycles.